The van der Waals surface area contributed by atoms with E-state index < -0.39 is 5.60 Å². The van der Waals surface area contributed by atoms with Gasteiger partial charge in [-0.25, -0.2) is 0 Å². The highest BCUT2D eigenvalue weighted by Crippen LogP contribution is 2.44. The number of rotatable bonds is 2. The summed E-state index contributed by atoms with van der Waals surface area (Å²) in [6.07, 6.45) is 5.55. The van der Waals surface area contributed by atoms with Gasteiger partial charge in [-0.3, -0.25) is 4.98 Å². The predicted molar refractivity (Wildman–Crippen MR) is 105 cm³/mol. The van der Waals surface area contributed by atoms with Gasteiger partial charge in [0.25, 0.3) is 0 Å². The molecule has 0 amide bonds. The summed E-state index contributed by atoms with van der Waals surface area (Å²) in [5, 5.41) is 23.2. The zero-order valence-electron chi connectivity index (χ0n) is 15.9. The molecule has 0 radical (unpaired) electrons. The van der Waals surface area contributed by atoms with E-state index in [0.717, 1.165) is 31.5 Å². The van der Waals surface area contributed by atoms with Crippen LogP contribution in [0.4, 0.5) is 0 Å². The molecule has 5 nitrogen and oxygen atoms in total. The van der Waals surface area contributed by atoms with Crippen LogP contribution in [-0.2, 0) is 31.5 Å². The van der Waals surface area contributed by atoms with Crippen LogP contribution in [0.15, 0.2) is 30.6 Å². The fourth-order valence-corrected chi connectivity index (χ4v) is 4.98. The third-order valence-electron chi connectivity index (χ3n) is 6.30. The van der Waals surface area contributed by atoms with Gasteiger partial charge >= 0.3 is 0 Å². The molecule has 1 atom stereocenters. The molecular weight excluding hydrogens is 338 g/mol. The number of hydrogen-bond acceptors (Lipinski definition) is 4. The number of nitrogens with zero attached hydrogens (tertiary/aromatic N) is 3. The molecule has 1 aromatic carbocycles. The van der Waals surface area contributed by atoms with E-state index in [1.54, 1.807) is 6.20 Å². The van der Waals surface area contributed by atoms with E-state index >= 15 is 0 Å². The molecule has 0 fully saturated rings. The first-order valence-corrected chi connectivity index (χ1v) is 9.64. The maximum absolute atomic E-state index is 11.5. The van der Waals surface area contributed by atoms with Gasteiger partial charge in [-0.05, 0) is 50.1 Å². The number of aryl methyl sites for hydroxylation is 2. The summed E-state index contributed by atoms with van der Waals surface area (Å²) in [5.74, 6) is 0.105. The summed E-state index contributed by atoms with van der Waals surface area (Å²) in [7, 11) is 2.16. The Kier molecular flexibility index (Phi) is 3.61. The molecule has 0 spiro atoms. The topological polar surface area (TPSA) is 61.5 Å². The average molecular weight is 363 g/mol. The highest BCUT2D eigenvalue weighted by atomic mass is 16.3. The van der Waals surface area contributed by atoms with Crippen molar-refractivity contribution in [3.8, 4) is 5.75 Å². The molecule has 5 heteroatoms. The molecule has 5 rings (SSSR count). The first-order valence-electron chi connectivity index (χ1n) is 9.64. The van der Waals surface area contributed by atoms with Crippen LogP contribution in [0.3, 0.4) is 0 Å². The fraction of sp³-hybridized carbons (Fsp3) is 0.409. The van der Waals surface area contributed by atoms with Gasteiger partial charge < -0.3 is 19.7 Å². The molecule has 27 heavy (non-hydrogen) atoms. The normalized spacial score (nSPS) is 22.2. The van der Waals surface area contributed by atoms with Crippen molar-refractivity contribution in [3.05, 3.63) is 58.5 Å². The lowest BCUT2D eigenvalue weighted by Gasteiger charge is -2.29. The molecule has 3 heterocycles. The Labute approximate surface area is 158 Å². The van der Waals surface area contributed by atoms with Gasteiger partial charge in [0.05, 0.1) is 12.7 Å². The summed E-state index contributed by atoms with van der Waals surface area (Å²) in [6, 6.07) is 6.58. The van der Waals surface area contributed by atoms with Gasteiger partial charge in [-0.15, -0.1) is 0 Å². The second kappa shape index (κ2) is 5.81. The SMILES string of the molecule is Cc1ccc2c(c1)c1c(n2CC2(O)CCc3cncc(O)c32)CCN(C)C1. The number of aliphatic hydroxyl groups is 1. The third-order valence-corrected chi connectivity index (χ3v) is 6.30. The van der Waals surface area contributed by atoms with Crippen molar-refractivity contribution in [3.63, 3.8) is 0 Å². The molecule has 0 saturated carbocycles. The minimum Gasteiger partial charge on any atom is -0.506 e. The van der Waals surface area contributed by atoms with Crippen LogP contribution in [0, 0.1) is 6.92 Å². The maximum Gasteiger partial charge on any atom is 0.140 e. The molecule has 0 bridgehead atoms. The lowest BCUT2D eigenvalue weighted by molar-refractivity contribution is 0.0187. The van der Waals surface area contributed by atoms with Gasteiger partial charge in [0.15, 0.2) is 0 Å². The summed E-state index contributed by atoms with van der Waals surface area (Å²) in [4.78, 5) is 6.44. The Bertz CT molecular complexity index is 1060. The predicted octanol–water partition coefficient (Wildman–Crippen LogP) is 2.87. The van der Waals surface area contributed by atoms with Crippen LogP contribution in [0.25, 0.3) is 10.9 Å². The number of aromatic hydroxyl groups is 1. The standard InChI is InChI=1S/C22H25N3O2/c1-14-3-4-18-16(9-14)17-12-24(2)8-6-19(17)25(18)13-22(27)7-5-15-10-23-11-20(26)21(15)22/h3-4,9-11,26-27H,5-8,12-13H2,1-2H3. The summed E-state index contributed by atoms with van der Waals surface area (Å²) in [5.41, 5.74) is 5.69. The van der Waals surface area contributed by atoms with E-state index in [1.165, 1.54) is 33.9 Å². The Hall–Kier alpha value is -2.37. The van der Waals surface area contributed by atoms with Gasteiger partial charge in [-0.2, -0.15) is 0 Å². The Morgan fingerprint density at radius 1 is 1.22 bits per heavy atom. The van der Waals surface area contributed by atoms with Crippen molar-refractivity contribution < 1.29 is 10.2 Å². The minimum atomic E-state index is -1.06. The summed E-state index contributed by atoms with van der Waals surface area (Å²) >= 11 is 0. The highest BCUT2D eigenvalue weighted by molar-refractivity contribution is 5.86. The van der Waals surface area contributed by atoms with Crippen LogP contribution < -0.4 is 0 Å². The van der Waals surface area contributed by atoms with Crippen molar-refractivity contribution in [2.24, 2.45) is 0 Å². The lowest BCUT2D eigenvalue weighted by Crippen LogP contribution is -2.32. The van der Waals surface area contributed by atoms with Crippen molar-refractivity contribution in [2.45, 2.75) is 44.9 Å². The molecule has 2 N–H and O–H groups in total. The number of hydrogen-bond donors (Lipinski definition) is 2. The van der Waals surface area contributed by atoms with Crippen molar-refractivity contribution in [1.82, 2.24) is 14.5 Å². The quantitative estimate of drug-likeness (QED) is 0.735. The van der Waals surface area contributed by atoms with Gasteiger partial charge in [0.2, 0.25) is 0 Å². The van der Waals surface area contributed by atoms with E-state index in [2.05, 4.69) is 46.6 Å². The third kappa shape index (κ3) is 2.49. The van der Waals surface area contributed by atoms with Crippen molar-refractivity contribution >= 4 is 10.9 Å². The molecule has 2 aromatic heterocycles. The van der Waals surface area contributed by atoms with E-state index in [9.17, 15) is 10.2 Å². The lowest BCUT2D eigenvalue weighted by atomic mass is 9.95. The Morgan fingerprint density at radius 2 is 2.07 bits per heavy atom. The monoisotopic (exact) mass is 363 g/mol. The van der Waals surface area contributed by atoms with E-state index in [1.807, 2.05) is 0 Å². The Morgan fingerprint density at radius 3 is 2.93 bits per heavy atom. The number of likely N-dealkylation sites (N-methyl/N-ethyl adjacent to an activating group) is 1. The van der Waals surface area contributed by atoms with E-state index in [4.69, 9.17) is 0 Å². The zero-order chi connectivity index (χ0) is 18.8. The molecule has 1 unspecified atom stereocenters. The number of pyridine rings is 1. The van der Waals surface area contributed by atoms with E-state index in [-0.39, 0.29) is 5.75 Å². The molecule has 140 valence electrons. The van der Waals surface area contributed by atoms with Crippen LogP contribution >= 0.6 is 0 Å². The highest BCUT2D eigenvalue weighted by Gasteiger charge is 2.41. The molecule has 2 aliphatic rings. The molecular formula is C22H25N3O2. The number of aromatic nitrogens is 2. The maximum atomic E-state index is 11.5. The largest absolute Gasteiger partial charge is 0.506 e. The first-order chi connectivity index (χ1) is 13.0. The van der Waals surface area contributed by atoms with Crippen LogP contribution in [0.2, 0.25) is 0 Å². The van der Waals surface area contributed by atoms with Crippen LogP contribution in [0.5, 0.6) is 5.75 Å². The van der Waals surface area contributed by atoms with Crippen LogP contribution in [0.1, 0.15) is 34.4 Å². The second-order valence-corrected chi connectivity index (χ2v) is 8.24. The average Bonchev–Trinajstić information content (AvgIpc) is 3.12. The number of benzene rings is 1. The van der Waals surface area contributed by atoms with Crippen LogP contribution in [-0.4, -0.2) is 38.3 Å². The summed E-state index contributed by atoms with van der Waals surface area (Å²) < 4.78 is 2.30. The number of fused-ring (bicyclic) bond motifs is 4. The van der Waals surface area contributed by atoms with Crippen molar-refractivity contribution in [2.75, 3.05) is 13.6 Å². The molecule has 3 aromatic rings. The van der Waals surface area contributed by atoms with Crippen molar-refractivity contribution in [1.29, 1.82) is 0 Å². The zero-order valence-corrected chi connectivity index (χ0v) is 15.9. The fourth-order valence-electron chi connectivity index (χ4n) is 4.98. The molecule has 0 saturated heterocycles. The van der Waals surface area contributed by atoms with Gasteiger partial charge in [0, 0.05) is 47.9 Å². The molecule has 1 aliphatic heterocycles. The van der Waals surface area contributed by atoms with E-state index in [0.29, 0.717) is 18.5 Å². The van der Waals surface area contributed by atoms with Gasteiger partial charge in [0.1, 0.15) is 11.4 Å². The first kappa shape index (κ1) is 16.8. The minimum absolute atomic E-state index is 0.105. The Balaban J connectivity index is 1.67. The smallest absolute Gasteiger partial charge is 0.140 e. The second-order valence-electron chi connectivity index (χ2n) is 8.24. The summed E-state index contributed by atoms with van der Waals surface area (Å²) in [6.45, 7) is 4.55. The molecule has 1 aliphatic carbocycles. The van der Waals surface area contributed by atoms with Gasteiger partial charge in [-0.1, -0.05) is 11.6 Å².